The number of carbonyl (C=O) groups excluding carboxylic acids is 1. The first-order chi connectivity index (χ1) is 9.77. The maximum Gasteiger partial charge on any atom is 0.0414 e. The Morgan fingerprint density at radius 1 is 0.800 bits per heavy atom. The number of carboxylic acid groups (broad SMARTS) is 1. The van der Waals surface area contributed by atoms with Gasteiger partial charge in [-0.15, -0.1) is 0 Å². The zero-order valence-electron chi connectivity index (χ0n) is 12.9. The Balaban J connectivity index is 3.32. The molecule has 0 rings (SSSR count). The second-order valence-corrected chi connectivity index (χ2v) is 5.02. The molecule has 0 N–H and O–H groups in total. The Morgan fingerprint density at radius 3 is 2.05 bits per heavy atom. The molecule has 0 aromatic rings. The summed E-state index contributed by atoms with van der Waals surface area (Å²) < 4.78 is 0. The second-order valence-electron chi connectivity index (χ2n) is 5.02. The van der Waals surface area contributed by atoms with Gasteiger partial charge in [0.15, 0.2) is 0 Å². The molecular formula is C18H29O2-. The van der Waals surface area contributed by atoms with E-state index in [2.05, 4.69) is 37.3 Å². The molecule has 0 heterocycles. The van der Waals surface area contributed by atoms with Crippen LogP contribution in [0, 0.1) is 0 Å². The minimum atomic E-state index is -0.948. The fourth-order valence-electron chi connectivity index (χ4n) is 1.82. The quantitative estimate of drug-likeness (QED) is 0.286. The lowest BCUT2D eigenvalue weighted by Crippen LogP contribution is -2.21. The van der Waals surface area contributed by atoms with E-state index in [-0.39, 0.29) is 6.42 Å². The van der Waals surface area contributed by atoms with E-state index in [1.807, 2.05) is 6.08 Å². The van der Waals surface area contributed by atoms with E-state index in [4.69, 9.17) is 0 Å². The number of rotatable bonds is 13. The van der Waals surface area contributed by atoms with E-state index in [0.29, 0.717) is 6.42 Å². The molecule has 0 aromatic carbocycles. The molecule has 0 aliphatic rings. The van der Waals surface area contributed by atoms with Crippen LogP contribution in [0.25, 0.3) is 0 Å². The summed E-state index contributed by atoms with van der Waals surface area (Å²) in [5.41, 5.74) is 0. The Morgan fingerprint density at radius 2 is 1.35 bits per heavy atom. The normalized spacial score (nSPS) is 12.1. The Labute approximate surface area is 124 Å². The molecule has 0 atom stereocenters. The lowest BCUT2D eigenvalue weighted by atomic mass is 10.2. The van der Waals surface area contributed by atoms with Gasteiger partial charge >= 0.3 is 0 Å². The van der Waals surface area contributed by atoms with Crippen molar-refractivity contribution in [2.24, 2.45) is 0 Å². The molecule has 0 saturated carbocycles. The fraction of sp³-hybridized carbons (Fsp3) is 0.611. The molecule has 0 saturated heterocycles. The van der Waals surface area contributed by atoms with E-state index < -0.39 is 5.97 Å². The van der Waals surface area contributed by atoms with Crippen molar-refractivity contribution in [2.45, 2.75) is 71.1 Å². The maximum absolute atomic E-state index is 10.2. The highest BCUT2D eigenvalue weighted by Gasteiger charge is 1.86. The molecule has 20 heavy (non-hydrogen) atoms. The highest BCUT2D eigenvalue weighted by atomic mass is 16.4. The summed E-state index contributed by atoms with van der Waals surface area (Å²) in [6, 6.07) is 0. The molecule has 0 unspecified atom stereocenters. The monoisotopic (exact) mass is 277 g/mol. The average molecular weight is 277 g/mol. The number of hydrogen-bond acceptors (Lipinski definition) is 2. The Bertz CT molecular complexity index is 301. The molecule has 0 radical (unpaired) electrons. The van der Waals surface area contributed by atoms with E-state index in [1.165, 1.54) is 25.7 Å². The van der Waals surface area contributed by atoms with Crippen LogP contribution in [0.2, 0.25) is 0 Å². The number of carboxylic acids is 1. The standard InChI is InChI=1S/C18H30O2/c1-2-3-4-5-6-7-8-9-10-11-12-13-14-15-16-17-18(19)20/h6-7,10-13H,2-5,8-9,14-17H2,1H3,(H,19,20)/p-1/b7-6-,11-10-,13-12-. The zero-order chi connectivity index (χ0) is 14.9. The molecular weight excluding hydrogens is 248 g/mol. The van der Waals surface area contributed by atoms with Crippen LogP contribution >= 0.6 is 0 Å². The van der Waals surface area contributed by atoms with E-state index in [9.17, 15) is 9.90 Å². The fourth-order valence-corrected chi connectivity index (χ4v) is 1.82. The molecule has 0 bridgehead atoms. The van der Waals surface area contributed by atoms with E-state index >= 15 is 0 Å². The van der Waals surface area contributed by atoms with Crippen molar-refractivity contribution in [1.82, 2.24) is 0 Å². The highest BCUT2D eigenvalue weighted by Crippen LogP contribution is 2.02. The SMILES string of the molecule is CCCCC/C=C\CC/C=C\C=C/CCCCC(=O)[O-]. The topological polar surface area (TPSA) is 40.1 Å². The van der Waals surface area contributed by atoms with Gasteiger partial charge < -0.3 is 9.90 Å². The lowest BCUT2D eigenvalue weighted by molar-refractivity contribution is -0.305. The van der Waals surface area contributed by atoms with Crippen LogP contribution < -0.4 is 5.11 Å². The smallest absolute Gasteiger partial charge is 0.0414 e. The van der Waals surface area contributed by atoms with Crippen LogP contribution in [-0.2, 0) is 4.79 Å². The number of allylic oxidation sites excluding steroid dienone is 6. The Hall–Kier alpha value is -1.31. The molecule has 0 fully saturated rings. The number of hydrogen-bond donors (Lipinski definition) is 0. The summed E-state index contributed by atoms with van der Waals surface area (Å²) in [6.07, 6.45) is 23.0. The summed E-state index contributed by atoms with van der Waals surface area (Å²) in [5, 5.41) is 10.2. The lowest BCUT2D eigenvalue weighted by Gasteiger charge is -1.98. The number of carbonyl (C=O) groups is 1. The van der Waals surface area contributed by atoms with Crippen molar-refractivity contribution < 1.29 is 9.90 Å². The zero-order valence-corrected chi connectivity index (χ0v) is 12.9. The van der Waals surface area contributed by atoms with Crippen molar-refractivity contribution in [2.75, 3.05) is 0 Å². The highest BCUT2D eigenvalue weighted by molar-refractivity contribution is 5.64. The summed E-state index contributed by atoms with van der Waals surface area (Å²) in [7, 11) is 0. The van der Waals surface area contributed by atoms with Gasteiger partial charge in [-0.05, 0) is 51.4 Å². The van der Waals surface area contributed by atoms with Gasteiger partial charge in [-0.3, -0.25) is 0 Å². The van der Waals surface area contributed by atoms with E-state index in [0.717, 1.165) is 25.7 Å². The molecule has 2 heteroatoms. The third kappa shape index (κ3) is 16.7. The average Bonchev–Trinajstić information content (AvgIpc) is 2.43. The molecule has 0 spiro atoms. The minimum absolute atomic E-state index is 0.175. The van der Waals surface area contributed by atoms with E-state index in [1.54, 1.807) is 0 Å². The van der Waals surface area contributed by atoms with Gasteiger partial charge in [0.1, 0.15) is 0 Å². The molecule has 0 aliphatic heterocycles. The van der Waals surface area contributed by atoms with Crippen molar-refractivity contribution in [1.29, 1.82) is 0 Å². The van der Waals surface area contributed by atoms with Gasteiger partial charge in [-0.1, -0.05) is 56.2 Å². The van der Waals surface area contributed by atoms with Gasteiger partial charge in [0.25, 0.3) is 0 Å². The van der Waals surface area contributed by atoms with Crippen molar-refractivity contribution in [3.05, 3.63) is 36.5 Å². The molecule has 114 valence electrons. The van der Waals surface area contributed by atoms with Crippen molar-refractivity contribution in [3.8, 4) is 0 Å². The summed E-state index contributed by atoms with van der Waals surface area (Å²) >= 11 is 0. The first-order valence-corrected chi connectivity index (χ1v) is 7.94. The van der Waals surface area contributed by atoms with Crippen LogP contribution in [-0.4, -0.2) is 5.97 Å². The molecule has 0 aromatic heterocycles. The van der Waals surface area contributed by atoms with Crippen LogP contribution in [0.3, 0.4) is 0 Å². The third-order valence-corrected chi connectivity index (χ3v) is 3.03. The first kappa shape index (κ1) is 18.7. The molecule has 0 amide bonds. The first-order valence-electron chi connectivity index (χ1n) is 7.94. The van der Waals surface area contributed by atoms with Gasteiger partial charge in [0.05, 0.1) is 0 Å². The third-order valence-electron chi connectivity index (χ3n) is 3.03. The summed E-state index contributed by atoms with van der Waals surface area (Å²) in [6.45, 7) is 2.23. The summed E-state index contributed by atoms with van der Waals surface area (Å²) in [4.78, 5) is 10.2. The van der Waals surface area contributed by atoms with Gasteiger partial charge in [-0.2, -0.15) is 0 Å². The summed E-state index contributed by atoms with van der Waals surface area (Å²) in [5.74, 6) is -0.948. The minimum Gasteiger partial charge on any atom is -0.550 e. The Kier molecular flexibility index (Phi) is 14.7. The molecule has 0 aliphatic carbocycles. The van der Waals surface area contributed by atoms with Crippen LogP contribution in [0.5, 0.6) is 0 Å². The van der Waals surface area contributed by atoms with Crippen LogP contribution in [0.4, 0.5) is 0 Å². The molecule has 2 nitrogen and oxygen atoms in total. The van der Waals surface area contributed by atoms with Gasteiger partial charge in [0.2, 0.25) is 0 Å². The van der Waals surface area contributed by atoms with Gasteiger partial charge in [0, 0.05) is 5.97 Å². The predicted octanol–water partition coefficient (Wildman–Crippen LogP) is 4.33. The second kappa shape index (κ2) is 15.7. The van der Waals surface area contributed by atoms with Gasteiger partial charge in [-0.25, -0.2) is 0 Å². The maximum atomic E-state index is 10.2. The van der Waals surface area contributed by atoms with Crippen LogP contribution in [0.1, 0.15) is 71.1 Å². The van der Waals surface area contributed by atoms with Crippen LogP contribution in [0.15, 0.2) is 36.5 Å². The van der Waals surface area contributed by atoms with Crippen molar-refractivity contribution >= 4 is 5.97 Å². The number of aliphatic carboxylic acids is 1. The van der Waals surface area contributed by atoms with Crippen molar-refractivity contribution in [3.63, 3.8) is 0 Å². The number of unbranched alkanes of at least 4 members (excludes halogenated alkanes) is 6. The largest absolute Gasteiger partial charge is 0.550 e. The predicted molar refractivity (Wildman–Crippen MR) is 84.3 cm³/mol.